The number of hydrogen-bond acceptors (Lipinski definition) is 4. The Bertz CT molecular complexity index is 1890. The Kier molecular flexibility index (Phi) is 12.0. The number of halogens is 1. The molecule has 3 aromatic carbocycles. The average molecular weight is 731 g/mol. The molecule has 1 fully saturated rings. The summed E-state index contributed by atoms with van der Waals surface area (Å²) in [7, 11) is -4.17. The van der Waals surface area contributed by atoms with Gasteiger partial charge in [0, 0.05) is 22.8 Å². The predicted octanol–water partition coefficient (Wildman–Crippen LogP) is 9.48. The Morgan fingerprint density at radius 1 is 0.980 bits per heavy atom. The van der Waals surface area contributed by atoms with Crippen molar-refractivity contribution in [2.24, 2.45) is 28.6 Å². The maximum absolute atomic E-state index is 14.1. The number of nitrogens with one attached hydrogen (secondary N) is 2. The minimum Gasteiger partial charge on any atom is -0.351 e. The van der Waals surface area contributed by atoms with Gasteiger partial charge in [-0.1, -0.05) is 87.9 Å². The average Bonchev–Trinajstić information content (AvgIpc) is 3.07. The third-order valence-electron chi connectivity index (χ3n) is 11.0. The van der Waals surface area contributed by atoms with Gasteiger partial charge < -0.3 is 10.6 Å². The highest BCUT2D eigenvalue weighted by molar-refractivity contribution is 7.85. The van der Waals surface area contributed by atoms with Gasteiger partial charge >= 0.3 is 0 Å². The summed E-state index contributed by atoms with van der Waals surface area (Å²) in [5, 5.41) is 6.37. The number of benzene rings is 3. The fraction of sp³-hybridized carbons (Fsp3) is 0.429. The van der Waals surface area contributed by atoms with E-state index in [-0.39, 0.29) is 17.9 Å². The van der Waals surface area contributed by atoms with Crippen molar-refractivity contribution in [1.29, 1.82) is 0 Å². The lowest BCUT2D eigenvalue weighted by molar-refractivity contribution is -0.118. The fourth-order valence-electron chi connectivity index (χ4n) is 7.64. The molecule has 0 bridgehead atoms. The molecule has 2 amide bonds. The van der Waals surface area contributed by atoms with Crippen molar-refractivity contribution in [3.05, 3.63) is 112 Å². The molecule has 0 saturated heterocycles. The number of aryl methyl sites for hydroxylation is 1. The number of anilines is 1. The van der Waals surface area contributed by atoms with Crippen LogP contribution in [0.2, 0.25) is 5.02 Å². The number of amides is 2. The zero-order valence-electron chi connectivity index (χ0n) is 30.3. The summed E-state index contributed by atoms with van der Waals surface area (Å²) in [5.74, 6) is -0.209. The first-order chi connectivity index (χ1) is 24.0. The van der Waals surface area contributed by atoms with Crippen LogP contribution in [-0.2, 0) is 21.3 Å². The van der Waals surface area contributed by atoms with Crippen molar-refractivity contribution in [3.63, 3.8) is 0 Å². The van der Waals surface area contributed by atoms with E-state index >= 15 is 0 Å². The smallest absolute Gasteiger partial charge is 0.266 e. The van der Waals surface area contributed by atoms with Gasteiger partial charge in [0.1, 0.15) is 0 Å². The van der Waals surface area contributed by atoms with Gasteiger partial charge in [0.25, 0.3) is 16.0 Å². The van der Waals surface area contributed by atoms with E-state index in [4.69, 9.17) is 16.2 Å². The quantitative estimate of drug-likeness (QED) is 0.170. The SMILES string of the molecule is Cc1cc(Cl)ccc1-c1ccc(NC(=O)[C@H](Cc2ccc(C(=O)NCCS(=O)(=O)O)cc2)C2=CCC(C)([C@H]3CC[C@@H](C(C)(C)C)CC3)C=C2)cc1. The molecular weight excluding hydrogens is 680 g/mol. The second-order valence-electron chi connectivity index (χ2n) is 15.7. The lowest BCUT2D eigenvalue weighted by Gasteiger charge is -2.44. The third kappa shape index (κ3) is 10.2. The van der Waals surface area contributed by atoms with E-state index in [0.717, 1.165) is 40.2 Å². The number of hydrogen-bond donors (Lipinski definition) is 3. The van der Waals surface area contributed by atoms with E-state index in [1.165, 1.54) is 25.7 Å². The summed E-state index contributed by atoms with van der Waals surface area (Å²) in [6, 6.07) is 20.6. The molecule has 2 aliphatic rings. The van der Waals surface area contributed by atoms with Crippen molar-refractivity contribution in [2.45, 2.75) is 73.1 Å². The third-order valence-corrected chi connectivity index (χ3v) is 11.9. The Hall–Kier alpha value is -3.72. The molecule has 2 atom stereocenters. The zero-order valence-corrected chi connectivity index (χ0v) is 31.9. The highest BCUT2D eigenvalue weighted by atomic mass is 35.5. The van der Waals surface area contributed by atoms with Gasteiger partial charge in [0.15, 0.2) is 0 Å². The molecule has 9 heteroatoms. The second-order valence-corrected chi connectivity index (χ2v) is 17.7. The van der Waals surface area contributed by atoms with Crippen molar-refractivity contribution in [3.8, 4) is 11.1 Å². The minimum atomic E-state index is -4.17. The van der Waals surface area contributed by atoms with Crippen LogP contribution in [0.1, 0.15) is 81.3 Å². The minimum absolute atomic E-state index is 0.0490. The van der Waals surface area contributed by atoms with Crippen LogP contribution in [0.25, 0.3) is 11.1 Å². The van der Waals surface area contributed by atoms with Crippen LogP contribution in [0.15, 0.2) is 90.5 Å². The van der Waals surface area contributed by atoms with Gasteiger partial charge in [-0.3, -0.25) is 14.1 Å². The highest BCUT2D eigenvalue weighted by Crippen LogP contribution is 2.49. The molecule has 0 radical (unpaired) electrons. The lowest BCUT2D eigenvalue weighted by atomic mass is 9.61. The zero-order chi connectivity index (χ0) is 37.0. The van der Waals surface area contributed by atoms with E-state index in [1.54, 1.807) is 12.1 Å². The molecule has 0 heterocycles. The van der Waals surface area contributed by atoms with Crippen molar-refractivity contribution >= 4 is 39.2 Å². The molecular formula is C42H51ClN2O5S. The van der Waals surface area contributed by atoms with Crippen LogP contribution < -0.4 is 10.6 Å². The van der Waals surface area contributed by atoms with Gasteiger partial charge in [0.2, 0.25) is 5.91 Å². The maximum Gasteiger partial charge on any atom is 0.266 e. The molecule has 2 aliphatic carbocycles. The molecule has 51 heavy (non-hydrogen) atoms. The number of carbonyl (C=O) groups excluding carboxylic acids is 2. The van der Waals surface area contributed by atoms with Crippen LogP contribution in [0.3, 0.4) is 0 Å². The monoisotopic (exact) mass is 730 g/mol. The molecule has 272 valence electrons. The molecule has 0 aromatic heterocycles. The fourth-order valence-corrected chi connectivity index (χ4v) is 8.23. The van der Waals surface area contributed by atoms with Gasteiger partial charge in [0.05, 0.1) is 11.7 Å². The van der Waals surface area contributed by atoms with Crippen molar-refractivity contribution < 1.29 is 22.6 Å². The highest BCUT2D eigenvalue weighted by Gasteiger charge is 2.39. The van der Waals surface area contributed by atoms with E-state index in [0.29, 0.717) is 34.0 Å². The van der Waals surface area contributed by atoms with E-state index in [9.17, 15) is 18.0 Å². The second kappa shape index (κ2) is 15.9. The van der Waals surface area contributed by atoms with Gasteiger partial charge in [-0.25, -0.2) is 0 Å². The summed E-state index contributed by atoms with van der Waals surface area (Å²) in [6.07, 6.45) is 13.0. The van der Waals surface area contributed by atoms with Crippen LogP contribution in [-0.4, -0.2) is 37.1 Å². The topological polar surface area (TPSA) is 113 Å². The molecule has 5 rings (SSSR count). The molecule has 1 saturated carbocycles. The van der Waals surface area contributed by atoms with Crippen LogP contribution in [0, 0.1) is 35.5 Å². The number of carbonyl (C=O) groups is 2. The molecule has 0 aliphatic heterocycles. The van der Waals surface area contributed by atoms with E-state index in [2.05, 4.69) is 56.6 Å². The largest absolute Gasteiger partial charge is 0.351 e. The standard InChI is InChI=1S/C42H51ClN2O5S/c1-28-26-35(43)16-19-37(28)30-10-17-36(18-11-30)45-40(47)38(27-29-6-8-32(9-7-29)39(46)44-24-25-51(48,49)50)31-20-22-42(5,23-21-31)34-14-12-33(13-15-34)41(2,3)4/h6-11,16-22,26,33-34,38H,12-15,23-25,27H2,1-5H3,(H,44,46)(H,45,47)(H,48,49,50)/t33-,34+,38-,42?/m1/s1. The van der Waals surface area contributed by atoms with Gasteiger partial charge in [-0.2, -0.15) is 8.42 Å². The first kappa shape index (κ1) is 38.5. The van der Waals surface area contributed by atoms with Crippen LogP contribution in [0.5, 0.6) is 0 Å². The van der Waals surface area contributed by atoms with Gasteiger partial charge in [-0.05, 0) is 132 Å². The van der Waals surface area contributed by atoms with Crippen molar-refractivity contribution in [1.82, 2.24) is 5.32 Å². The first-order valence-electron chi connectivity index (χ1n) is 17.9. The Morgan fingerprint density at radius 2 is 1.65 bits per heavy atom. The molecule has 1 unspecified atom stereocenters. The van der Waals surface area contributed by atoms with E-state index in [1.807, 2.05) is 61.5 Å². The van der Waals surface area contributed by atoms with Crippen LogP contribution in [0.4, 0.5) is 5.69 Å². The summed E-state index contributed by atoms with van der Waals surface area (Å²) in [5.41, 5.74) is 6.52. The number of allylic oxidation sites excluding steroid dienone is 3. The molecule has 3 N–H and O–H groups in total. The summed E-state index contributed by atoms with van der Waals surface area (Å²) >= 11 is 6.17. The van der Waals surface area contributed by atoms with E-state index < -0.39 is 27.7 Å². The Labute approximate surface area is 308 Å². The first-order valence-corrected chi connectivity index (χ1v) is 19.9. The molecule has 0 spiro atoms. The van der Waals surface area contributed by atoms with Crippen molar-refractivity contribution in [2.75, 3.05) is 17.6 Å². The maximum atomic E-state index is 14.1. The molecule has 3 aromatic rings. The van der Waals surface area contributed by atoms with Crippen LogP contribution >= 0.6 is 11.6 Å². The lowest BCUT2D eigenvalue weighted by Crippen LogP contribution is -2.34. The van der Waals surface area contributed by atoms with Gasteiger partial charge in [-0.15, -0.1) is 0 Å². The summed E-state index contributed by atoms with van der Waals surface area (Å²) < 4.78 is 31.0. The Morgan fingerprint density at radius 3 is 2.22 bits per heavy atom. The normalized spacial score (nSPS) is 21.4. The summed E-state index contributed by atoms with van der Waals surface area (Å²) in [4.78, 5) is 26.6. The predicted molar refractivity (Wildman–Crippen MR) is 207 cm³/mol. The number of rotatable bonds is 11. The Balaban J connectivity index is 1.32. The summed E-state index contributed by atoms with van der Waals surface area (Å²) in [6.45, 7) is 11.2. The molecule has 7 nitrogen and oxygen atoms in total.